The largest absolute Gasteiger partial charge is 0.481 e. The number of hydrogen-bond acceptors (Lipinski definition) is 5. The topological polar surface area (TPSA) is 142 Å². The number of hydrogen-bond donors (Lipinski definition) is 4. The maximum Gasteiger partial charge on any atom is 0.408 e. The van der Waals surface area contributed by atoms with Gasteiger partial charge in [-0.3, -0.25) is 14.4 Å². The molecular weight excluding hydrogens is 308 g/mol. The number of nitrogens with one attached hydrogen (secondary N) is 2. The predicted octanol–water partition coefficient (Wildman–Crippen LogP) is -0.0431. The van der Waals surface area contributed by atoms with Crippen molar-refractivity contribution < 1.29 is 34.1 Å². The molecular formula is C14H16N2O7. The Hall–Kier alpha value is -3.10. The first-order valence-corrected chi connectivity index (χ1v) is 6.57. The molecule has 2 amide bonds. The number of amides is 2. The van der Waals surface area contributed by atoms with E-state index in [2.05, 4.69) is 5.32 Å². The molecule has 124 valence electrons. The number of carboxylic acids is 2. The number of rotatable bonds is 8. The number of aliphatic carboxylic acids is 2. The first kappa shape index (κ1) is 18.0. The summed E-state index contributed by atoms with van der Waals surface area (Å²) in [7, 11) is 0. The van der Waals surface area contributed by atoms with Gasteiger partial charge in [-0.25, -0.2) is 4.79 Å². The SMILES string of the molecule is O=C(O)CNC(=O)C(CC(=O)O)NC(=O)OCc1ccccc1. The van der Waals surface area contributed by atoms with Gasteiger partial charge in [0.25, 0.3) is 0 Å². The highest BCUT2D eigenvalue weighted by molar-refractivity contribution is 5.90. The number of benzene rings is 1. The summed E-state index contributed by atoms with van der Waals surface area (Å²) in [6.07, 6.45) is -1.68. The van der Waals surface area contributed by atoms with Crippen LogP contribution < -0.4 is 10.6 Å². The van der Waals surface area contributed by atoms with Crippen LogP contribution in [0.3, 0.4) is 0 Å². The molecule has 4 N–H and O–H groups in total. The average Bonchev–Trinajstić information content (AvgIpc) is 2.50. The molecule has 0 heterocycles. The zero-order valence-electron chi connectivity index (χ0n) is 12.0. The fraction of sp³-hybridized carbons (Fsp3) is 0.286. The molecule has 0 aliphatic rings. The Bertz CT molecular complexity index is 574. The highest BCUT2D eigenvalue weighted by atomic mass is 16.5. The van der Waals surface area contributed by atoms with Gasteiger partial charge in [-0.1, -0.05) is 30.3 Å². The molecule has 0 radical (unpaired) electrons. The van der Waals surface area contributed by atoms with E-state index in [1.807, 2.05) is 5.32 Å². The quantitative estimate of drug-likeness (QED) is 0.525. The first-order valence-electron chi connectivity index (χ1n) is 6.57. The minimum atomic E-state index is -1.44. The molecule has 0 aliphatic carbocycles. The van der Waals surface area contributed by atoms with Crippen LogP contribution in [0.1, 0.15) is 12.0 Å². The molecule has 1 unspecified atom stereocenters. The predicted molar refractivity (Wildman–Crippen MR) is 76.4 cm³/mol. The van der Waals surface area contributed by atoms with Crippen molar-refractivity contribution in [3.05, 3.63) is 35.9 Å². The van der Waals surface area contributed by atoms with Gasteiger partial charge in [-0.2, -0.15) is 0 Å². The normalized spacial score (nSPS) is 11.1. The first-order chi connectivity index (χ1) is 10.9. The smallest absolute Gasteiger partial charge is 0.408 e. The number of ether oxygens (including phenoxy) is 1. The minimum Gasteiger partial charge on any atom is -0.481 e. The van der Waals surface area contributed by atoms with E-state index in [9.17, 15) is 19.2 Å². The van der Waals surface area contributed by atoms with Crippen LogP contribution in [0.4, 0.5) is 4.79 Å². The maximum atomic E-state index is 11.7. The zero-order chi connectivity index (χ0) is 17.2. The van der Waals surface area contributed by atoms with E-state index < -0.39 is 42.9 Å². The Morgan fingerprint density at radius 2 is 1.70 bits per heavy atom. The van der Waals surface area contributed by atoms with Crippen LogP contribution in [-0.2, 0) is 25.7 Å². The van der Waals surface area contributed by atoms with Crippen LogP contribution in [0, 0.1) is 0 Å². The summed E-state index contributed by atoms with van der Waals surface area (Å²) in [6, 6.07) is 7.31. The Morgan fingerprint density at radius 1 is 1.04 bits per heavy atom. The fourth-order valence-electron chi connectivity index (χ4n) is 1.58. The van der Waals surface area contributed by atoms with E-state index in [1.54, 1.807) is 30.3 Å². The fourth-order valence-corrected chi connectivity index (χ4v) is 1.58. The summed E-state index contributed by atoms with van der Waals surface area (Å²) in [5, 5.41) is 21.3. The third-order valence-electron chi connectivity index (χ3n) is 2.61. The van der Waals surface area contributed by atoms with Gasteiger partial charge in [-0.05, 0) is 5.56 Å². The summed E-state index contributed by atoms with van der Waals surface area (Å²) in [5.41, 5.74) is 0.716. The van der Waals surface area contributed by atoms with Crippen molar-refractivity contribution in [2.75, 3.05) is 6.54 Å². The Balaban J connectivity index is 2.54. The van der Waals surface area contributed by atoms with Crippen molar-refractivity contribution in [3.8, 4) is 0 Å². The molecule has 23 heavy (non-hydrogen) atoms. The van der Waals surface area contributed by atoms with Crippen molar-refractivity contribution in [2.45, 2.75) is 19.1 Å². The van der Waals surface area contributed by atoms with Gasteiger partial charge < -0.3 is 25.6 Å². The number of carbonyl (C=O) groups is 4. The second-order valence-corrected chi connectivity index (χ2v) is 4.47. The van der Waals surface area contributed by atoms with Gasteiger partial charge in [0.1, 0.15) is 19.2 Å². The monoisotopic (exact) mass is 324 g/mol. The van der Waals surface area contributed by atoms with Gasteiger partial charge in [0.05, 0.1) is 6.42 Å². The van der Waals surface area contributed by atoms with Gasteiger partial charge >= 0.3 is 18.0 Å². The second kappa shape index (κ2) is 9.03. The Labute approximate surface area is 131 Å². The Kier molecular flexibility index (Phi) is 7.05. The third kappa shape index (κ3) is 7.46. The molecule has 0 spiro atoms. The molecule has 0 saturated carbocycles. The van der Waals surface area contributed by atoms with Gasteiger partial charge in [0.2, 0.25) is 5.91 Å². The lowest BCUT2D eigenvalue weighted by Gasteiger charge is -2.16. The van der Waals surface area contributed by atoms with Crippen LogP contribution in [0.2, 0.25) is 0 Å². The maximum absolute atomic E-state index is 11.7. The van der Waals surface area contributed by atoms with Gasteiger partial charge in [0.15, 0.2) is 0 Å². The molecule has 1 aromatic carbocycles. The summed E-state index contributed by atoms with van der Waals surface area (Å²) in [6.45, 7) is -0.737. The van der Waals surface area contributed by atoms with E-state index >= 15 is 0 Å². The molecule has 9 nitrogen and oxygen atoms in total. The van der Waals surface area contributed by atoms with Crippen molar-refractivity contribution >= 4 is 23.9 Å². The standard InChI is InChI=1S/C14H16N2O7/c17-11(18)6-10(13(21)15-7-12(19)20)16-14(22)23-8-9-4-2-1-3-5-9/h1-5,10H,6-8H2,(H,15,21)(H,16,22)(H,17,18)(H,19,20). The van der Waals surface area contributed by atoms with Crippen molar-refractivity contribution in [2.24, 2.45) is 0 Å². The zero-order valence-corrected chi connectivity index (χ0v) is 12.0. The van der Waals surface area contributed by atoms with Crippen molar-refractivity contribution in [3.63, 3.8) is 0 Å². The number of carboxylic acid groups (broad SMARTS) is 2. The molecule has 1 aromatic rings. The highest BCUT2D eigenvalue weighted by Gasteiger charge is 2.24. The minimum absolute atomic E-state index is 0.0524. The van der Waals surface area contributed by atoms with Crippen LogP contribution >= 0.6 is 0 Å². The third-order valence-corrected chi connectivity index (χ3v) is 2.61. The summed E-state index contributed by atoms with van der Waals surface area (Å²) in [4.78, 5) is 44.4. The summed E-state index contributed by atoms with van der Waals surface area (Å²) in [5.74, 6) is -3.55. The van der Waals surface area contributed by atoms with Crippen molar-refractivity contribution in [1.29, 1.82) is 0 Å². The molecule has 0 fully saturated rings. The highest BCUT2D eigenvalue weighted by Crippen LogP contribution is 2.01. The summed E-state index contributed by atoms with van der Waals surface area (Å²) >= 11 is 0. The molecule has 0 bridgehead atoms. The van der Waals surface area contributed by atoms with E-state index in [0.29, 0.717) is 5.56 Å². The number of alkyl carbamates (subject to hydrolysis) is 1. The van der Waals surface area contributed by atoms with E-state index in [0.717, 1.165) is 0 Å². The molecule has 9 heteroatoms. The van der Waals surface area contributed by atoms with Crippen LogP contribution in [-0.4, -0.2) is 46.7 Å². The lowest BCUT2D eigenvalue weighted by atomic mass is 10.2. The number of carbonyl (C=O) groups excluding carboxylic acids is 2. The van der Waals surface area contributed by atoms with Gasteiger partial charge in [0, 0.05) is 0 Å². The molecule has 0 saturated heterocycles. The summed E-state index contributed by atoms with van der Waals surface area (Å²) < 4.78 is 4.88. The lowest BCUT2D eigenvalue weighted by Crippen LogP contribution is -2.49. The van der Waals surface area contributed by atoms with Crippen LogP contribution in [0.25, 0.3) is 0 Å². The Morgan fingerprint density at radius 3 is 2.26 bits per heavy atom. The second-order valence-electron chi connectivity index (χ2n) is 4.47. The molecule has 1 rings (SSSR count). The molecule has 0 aromatic heterocycles. The van der Waals surface area contributed by atoms with E-state index in [4.69, 9.17) is 14.9 Å². The molecule has 1 atom stereocenters. The van der Waals surface area contributed by atoms with Crippen LogP contribution in [0.15, 0.2) is 30.3 Å². The molecule has 0 aliphatic heterocycles. The average molecular weight is 324 g/mol. The lowest BCUT2D eigenvalue weighted by molar-refractivity contribution is -0.140. The van der Waals surface area contributed by atoms with E-state index in [-0.39, 0.29) is 6.61 Å². The van der Waals surface area contributed by atoms with Crippen molar-refractivity contribution in [1.82, 2.24) is 10.6 Å². The van der Waals surface area contributed by atoms with Gasteiger partial charge in [-0.15, -0.1) is 0 Å². The van der Waals surface area contributed by atoms with E-state index in [1.165, 1.54) is 0 Å². The van der Waals surface area contributed by atoms with Crippen LogP contribution in [0.5, 0.6) is 0 Å².